The van der Waals surface area contributed by atoms with E-state index in [9.17, 15) is 4.79 Å². The number of amides is 1. The molecule has 2 atom stereocenters. The molecule has 1 aliphatic heterocycles. The van der Waals surface area contributed by atoms with Gasteiger partial charge in [-0.25, -0.2) is 0 Å². The smallest absolute Gasteiger partial charge is 0.220 e. The molecule has 2 aromatic heterocycles. The second-order valence-electron chi connectivity index (χ2n) is 8.77. The van der Waals surface area contributed by atoms with E-state index in [1.165, 1.54) is 32.1 Å². The fourth-order valence-electron chi connectivity index (χ4n) is 4.89. The lowest BCUT2D eigenvalue weighted by Gasteiger charge is -2.31. The maximum atomic E-state index is 12.4. The van der Waals surface area contributed by atoms with Crippen LogP contribution >= 0.6 is 0 Å². The van der Waals surface area contributed by atoms with Gasteiger partial charge in [-0.15, -0.1) is 0 Å². The zero-order valence-electron chi connectivity index (χ0n) is 17.2. The van der Waals surface area contributed by atoms with Gasteiger partial charge in [0.05, 0.1) is 18.5 Å². The number of aromatic nitrogens is 1. The zero-order valence-corrected chi connectivity index (χ0v) is 17.2. The molecule has 0 bridgehead atoms. The van der Waals surface area contributed by atoms with Crippen molar-refractivity contribution in [2.75, 3.05) is 13.1 Å². The minimum atomic E-state index is 0.0939. The molecule has 0 aromatic carbocycles. The van der Waals surface area contributed by atoms with E-state index in [-0.39, 0.29) is 5.91 Å². The van der Waals surface area contributed by atoms with Gasteiger partial charge < -0.3 is 19.6 Å². The highest BCUT2D eigenvalue weighted by molar-refractivity contribution is 5.76. The van der Waals surface area contributed by atoms with Crippen LogP contribution in [0, 0.1) is 17.8 Å². The van der Waals surface area contributed by atoms with E-state index >= 15 is 0 Å². The number of hydrogen-bond donors (Lipinski definition) is 2. The fourth-order valence-corrected chi connectivity index (χ4v) is 4.89. The number of carbonyl (C=O) groups excluding carboxylic acids is 1. The van der Waals surface area contributed by atoms with Crippen LogP contribution in [0.3, 0.4) is 0 Å². The van der Waals surface area contributed by atoms with E-state index in [0.29, 0.717) is 24.8 Å². The molecule has 6 heteroatoms. The molecule has 1 aliphatic carbocycles. The molecule has 29 heavy (non-hydrogen) atoms. The summed E-state index contributed by atoms with van der Waals surface area (Å²) < 4.78 is 10.9. The third-order valence-corrected chi connectivity index (χ3v) is 6.55. The molecule has 158 valence electrons. The number of furan rings is 1. The maximum Gasteiger partial charge on any atom is 0.220 e. The van der Waals surface area contributed by atoms with Crippen LogP contribution in [0.15, 0.2) is 33.4 Å². The second-order valence-corrected chi connectivity index (χ2v) is 8.77. The summed E-state index contributed by atoms with van der Waals surface area (Å²) in [5.74, 6) is 3.44. The van der Waals surface area contributed by atoms with E-state index in [2.05, 4.69) is 21.9 Å². The van der Waals surface area contributed by atoms with E-state index in [0.717, 1.165) is 55.5 Å². The lowest BCUT2D eigenvalue weighted by molar-refractivity contribution is -0.122. The Morgan fingerprint density at radius 3 is 2.86 bits per heavy atom. The van der Waals surface area contributed by atoms with E-state index in [1.54, 1.807) is 6.26 Å². The minimum Gasteiger partial charge on any atom is -0.467 e. The predicted molar refractivity (Wildman–Crippen MR) is 110 cm³/mol. The average Bonchev–Trinajstić information content (AvgIpc) is 3.41. The normalized spacial score (nSPS) is 23.2. The number of nitrogens with zero attached hydrogens (tertiary/aromatic N) is 1. The monoisotopic (exact) mass is 399 g/mol. The van der Waals surface area contributed by atoms with Crippen molar-refractivity contribution in [3.63, 3.8) is 0 Å². The highest BCUT2D eigenvalue weighted by Gasteiger charge is 2.28. The van der Waals surface area contributed by atoms with E-state index in [1.807, 2.05) is 12.1 Å². The standard InChI is InChI=1S/C23H33N3O3/c27-23(25-16-21-7-4-10-28-21)13-18-8-9-24-15-19(18)12-20-14-22(29-26-20)11-17-5-2-1-3-6-17/h4,7,10,14,17-19,24H,1-3,5-6,8-9,11-13,15-16H2,(H,25,27)/t18-,19-/m0/s1. The highest BCUT2D eigenvalue weighted by Crippen LogP contribution is 2.29. The molecule has 0 spiro atoms. The Balaban J connectivity index is 1.27. The van der Waals surface area contributed by atoms with Crippen molar-refractivity contribution in [3.05, 3.63) is 41.7 Å². The summed E-state index contributed by atoms with van der Waals surface area (Å²) in [5.41, 5.74) is 1.03. The first-order chi connectivity index (χ1) is 14.3. The van der Waals surface area contributed by atoms with Crippen LogP contribution in [0.4, 0.5) is 0 Å². The zero-order chi connectivity index (χ0) is 19.9. The summed E-state index contributed by atoms with van der Waals surface area (Å²) in [6, 6.07) is 5.87. The number of nitrogens with one attached hydrogen (secondary N) is 2. The van der Waals surface area contributed by atoms with Gasteiger partial charge in [-0.05, 0) is 55.8 Å². The summed E-state index contributed by atoms with van der Waals surface area (Å²) in [6.45, 7) is 2.36. The Hall–Kier alpha value is -2.08. The molecule has 0 radical (unpaired) electrons. The SMILES string of the molecule is O=C(C[C@@H]1CCNC[C@@H]1Cc1cc(CC2CCCCC2)on1)NCc1ccco1. The van der Waals surface area contributed by atoms with Crippen LogP contribution in [-0.2, 0) is 24.2 Å². The first-order valence-corrected chi connectivity index (χ1v) is 11.2. The first kappa shape index (κ1) is 20.2. The van der Waals surface area contributed by atoms with Gasteiger partial charge in [0.1, 0.15) is 11.5 Å². The summed E-state index contributed by atoms with van der Waals surface area (Å²) in [6.07, 6.45) is 11.8. The summed E-state index contributed by atoms with van der Waals surface area (Å²) in [7, 11) is 0. The molecule has 1 saturated heterocycles. The van der Waals surface area contributed by atoms with Gasteiger partial charge in [-0.3, -0.25) is 4.79 Å². The van der Waals surface area contributed by atoms with Gasteiger partial charge in [0.25, 0.3) is 0 Å². The van der Waals surface area contributed by atoms with Crippen molar-refractivity contribution in [1.82, 2.24) is 15.8 Å². The molecular weight excluding hydrogens is 366 g/mol. The molecule has 2 N–H and O–H groups in total. The first-order valence-electron chi connectivity index (χ1n) is 11.2. The number of rotatable bonds is 8. The van der Waals surface area contributed by atoms with Crippen LogP contribution in [0.1, 0.15) is 62.2 Å². The molecule has 2 aromatic rings. The summed E-state index contributed by atoms with van der Waals surface area (Å²) in [4.78, 5) is 12.4. The average molecular weight is 400 g/mol. The van der Waals surface area contributed by atoms with Crippen LogP contribution in [0.5, 0.6) is 0 Å². The van der Waals surface area contributed by atoms with Crippen LogP contribution in [-0.4, -0.2) is 24.2 Å². The van der Waals surface area contributed by atoms with Crippen molar-refractivity contribution in [1.29, 1.82) is 0 Å². The van der Waals surface area contributed by atoms with Crippen molar-refractivity contribution in [3.8, 4) is 0 Å². The summed E-state index contributed by atoms with van der Waals surface area (Å²) >= 11 is 0. The Kier molecular flexibility index (Phi) is 7.04. The van der Waals surface area contributed by atoms with Gasteiger partial charge in [0.2, 0.25) is 5.91 Å². The molecule has 2 aliphatic rings. The fraction of sp³-hybridized carbons (Fsp3) is 0.652. The number of hydrogen-bond acceptors (Lipinski definition) is 5. The van der Waals surface area contributed by atoms with Crippen molar-refractivity contribution < 1.29 is 13.7 Å². The Bertz CT molecular complexity index is 749. The van der Waals surface area contributed by atoms with Gasteiger partial charge in [-0.2, -0.15) is 0 Å². The molecule has 1 saturated carbocycles. The van der Waals surface area contributed by atoms with E-state index < -0.39 is 0 Å². The molecule has 0 unspecified atom stereocenters. The van der Waals surface area contributed by atoms with Crippen LogP contribution in [0.2, 0.25) is 0 Å². The van der Waals surface area contributed by atoms with Gasteiger partial charge in [-0.1, -0.05) is 37.3 Å². The molecule has 1 amide bonds. The third-order valence-electron chi connectivity index (χ3n) is 6.55. The summed E-state index contributed by atoms with van der Waals surface area (Å²) in [5, 5.41) is 10.8. The van der Waals surface area contributed by atoms with Crippen molar-refractivity contribution in [2.45, 2.75) is 64.3 Å². The van der Waals surface area contributed by atoms with Gasteiger partial charge >= 0.3 is 0 Å². The lowest BCUT2D eigenvalue weighted by atomic mass is 9.81. The topological polar surface area (TPSA) is 80.3 Å². The molecule has 2 fully saturated rings. The predicted octanol–water partition coefficient (Wildman–Crippen LogP) is 3.87. The third kappa shape index (κ3) is 5.95. The number of carbonyl (C=O) groups is 1. The Morgan fingerprint density at radius 2 is 2.03 bits per heavy atom. The highest BCUT2D eigenvalue weighted by atomic mass is 16.5. The van der Waals surface area contributed by atoms with Crippen molar-refractivity contribution >= 4 is 5.91 Å². The number of piperidine rings is 1. The van der Waals surface area contributed by atoms with E-state index in [4.69, 9.17) is 8.94 Å². The van der Waals surface area contributed by atoms with Gasteiger partial charge in [0, 0.05) is 18.9 Å². The molecule has 3 heterocycles. The molecular formula is C23H33N3O3. The Morgan fingerprint density at radius 1 is 1.14 bits per heavy atom. The van der Waals surface area contributed by atoms with Crippen molar-refractivity contribution in [2.24, 2.45) is 17.8 Å². The van der Waals surface area contributed by atoms with Crippen LogP contribution < -0.4 is 10.6 Å². The second kappa shape index (κ2) is 10.1. The quantitative estimate of drug-likeness (QED) is 0.704. The Labute approximate surface area is 172 Å². The lowest BCUT2D eigenvalue weighted by Crippen LogP contribution is -2.40. The molecule has 4 rings (SSSR count). The minimum absolute atomic E-state index is 0.0939. The largest absolute Gasteiger partial charge is 0.467 e. The van der Waals surface area contributed by atoms with Gasteiger partial charge in [0.15, 0.2) is 0 Å². The maximum absolute atomic E-state index is 12.4. The molecule has 6 nitrogen and oxygen atoms in total. The van der Waals surface area contributed by atoms with Crippen LogP contribution in [0.25, 0.3) is 0 Å².